The van der Waals surface area contributed by atoms with Crippen LogP contribution in [-0.4, -0.2) is 28.5 Å². The van der Waals surface area contributed by atoms with Crippen molar-refractivity contribution >= 4 is 11.9 Å². The lowest BCUT2D eigenvalue weighted by atomic mass is 9.94. The Kier molecular flexibility index (Phi) is 2.76. The molecule has 5 heteroatoms. The summed E-state index contributed by atoms with van der Waals surface area (Å²) in [4.78, 5) is 20.1. The first kappa shape index (κ1) is 10.7. The second kappa shape index (κ2) is 4.41. The summed E-state index contributed by atoms with van der Waals surface area (Å²) in [7, 11) is 0. The molecular weight excluding hydrogens is 216 g/mol. The third-order valence-electron chi connectivity index (χ3n) is 3.83. The van der Waals surface area contributed by atoms with Crippen LogP contribution in [0.2, 0.25) is 0 Å². The molecular formula is C12H16N4O. The maximum absolute atomic E-state index is 12.1. The van der Waals surface area contributed by atoms with Crippen LogP contribution in [0.5, 0.6) is 0 Å². The molecule has 1 saturated carbocycles. The highest BCUT2D eigenvalue weighted by molar-refractivity contribution is 5.93. The predicted octanol–water partition coefficient (Wildman–Crippen LogP) is 0.803. The van der Waals surface area contributed by atoms with Crippen molar-refractivity contribution in [2.45, 2.75) is 25.3 Å². The fourth-order valence-electron chi connectivity index (χ4n) is 3.03. The second-order valence-corrected chi connectivity index (χ2v) is 4.80. The molecule has 0 aromatic carbocycles. The lowest BCUT2D eigenvalue weighted by molar-refractivity contribution is -0.118. The van der Waals surface area contributed by atoms with E-state index in [1.807, 2.05) is 0 Å². The van der Waals surface area contributed by atoms with Crippen molar-refractivity contribution in [1.82, 2.24) is 15.3 Å². The zero-order chi connectivity index (χ0) is 11.7. The number of nitrogens with one attached hydrogen (secondary N) is 2. The molecule has 3 atom stereocenters. The summed E-state index contributed by atoms with van der Waals surface area (Å²) < 4.78 is 0. The Balaban J connectivity index is 1.67. The van der Waals surface area contributed by atoms with Gasteiger partial charge in [-0.3, -0.25) is 10.1 Å². The Morgan fingerprint density at radius 1 is 1.35 bits per heavy atom. The van der Waals surface area contributed by atoms with E-state index in [1.165, 1.54) is 12.8 Å². The number of rotatable bonds is 2. The fourth-order valence-corrected chi connectivity index (χ4v) is 3.03. The van der Waals surface area contributed by atoms with E-state index in [-0.39, 0.29) is 11.9 Å². The number of carbonyl (C=O) groups is 1. The number of aromatic nitrogens is 2. The summed E-state index contributed by atoms with van der Waals surface area (Å²) in [5, 5.41) is 6.08. The highest BCUT2D eigenvalue weighted by Gasteiger charge is 2.42. The zero-order valence-corrected chi connectivity index (χ0v) is 9.60. The van der Waals surface area contributed by atoms with Crippen LogP contribution in [0, 0.1) is 11.8 Å². The third-order valence-corrected chi connectivity index (χ3v) is 3.83. The minimum atomic E-state index is -0.0636. The van der Waals surface area contributed by atoms with Gasteiger partial charge in [0, 0.05) is 12.4 Å². The Morgan fingerprint density at radius 2 is 2.18 bits per heavy atom. The molecule has 2 N–H and O–H groups in total. The number of hydrogen-bond acceptors (Lipinski definition) is 4. The second-order valence-electron chi connectivity index (χ2n) is 4.80. The molecule has 1 saturated heterocycles. The summed E-state index contributed by atoms with van der Waals surface area (Å²) in [6.45, 7) is 0.971. The van der Waals surface area contributed by atoms with Crippen LogP contribution < -0.4 is 10.6 Å². The van der Waals surface area contributed by atoms with E-state index in [0.717, 1.165) is 13.0 Å². The molecule has 2 fully saturated rings. The largest absolute Gasteiger partial charge is 0.305 e. The van der Waals surface area contributed by atoms with Crippen molar-refractivity contribution in [1.29, 1.82) is 0 Å². The zero-order valence-electron chi connectivity index (χ0n) is 9.60. The maximum Gasteiger partial charge on any atom is 0.244 e. The molecule has 17 heavy (non-hydrogen) atoms. The van der Waals surface area contributed by atoms with Gasteiger partial charge in [0.2, 0.25) is 11.9 Å². The first-order chi connectivity index (χ1) is 8.34. The van der Waals surface area contributed by atoms with Gasteiger partial charge in [-0.2, -0.15) is 0 Å². The topological polar surface area (TPSA) is 66.9 Å². The molecule has 1 aromatic heterocycles. The lowest BCUT2D eigenvalue weighted by Gasteiger charge is -2.16. The molecule has 1 aromatic rings. The van der Waals surface area contributed by atoms with Gasteiger partial charge in [-0.15, -0.1) is 0 Å². The van der Waals surface area contributed by atoms with Crippen LogP contribution in [0.4, 0.5) is 5.95 Å². The first-order valence-electron chi connectivity index (χ1n) is 6.16. The third kappa shape index (κ3) is 2.02. The van der Waals surface area contributed by atoms with Crippen molar-refractivity contribution < 1.29 is 4.79 Å². The van der Waals surface area contributed by atoms with Gasteiger partial charge in [0.25, 0.3) is 0 Å². The predicted molar refractivity (Wildman–Crippen MR) is 63.3 cm³/mol. The van der Waals surface area contributed by atoms with Crippen LogP contribution >= 0.6 is 0 Å². The number of fused-ring (bicyclic) bond motifs is 1. The molecule has 2 aliphatic rings. The van der Waals surface area contributed by atoms with Crippen molar-refractivity contribution in [3.8, 4) is 0 Å². The Bertz CT molecular complexity index is 408. The number of carbonyl (C=O) groups excluding carboxylic acids is 1. The quantitative estimate of drug-likeness (QED) is 0.791. The minimum Gasteiger partial charge on any atom is -0.305 e. The Morgan fingerprint density at radius 3 is 3.00 bits per heavy atom. The Hall–Kier alpha value is -1.49. The highest BCUT2D eigenvalue weighted by Crippen LogP contribution is 2.37. The van der Waals surface area contributed by atoms with Crippen LogP contribution in [0.1, 0.15) is 19.3 Å². The van der Waals surface area contributed by atoms with Crippen molar-refractivity contribution in [2.75, 3.05) is 11.9 Å². The van der Waals surface area contributed by atoms with Gasteiger partial charge in [0.15, 0.2) is 0 Å². The minimum absolute atomic E-state index is 0.00519. The molecule has 90 valence electrons. The van der Waals surface area contributed by atoms with E-state index in [0.29, 0.717) is 17.8 Å². The molecule has 1 aliphatic heterocycles. The van der Waals surface area contributed by atoms with E-state index >= 15 is 0 Å². The molecule has 5 nitrogen and oxygen atoms in total. The molecule has 2 heterocycles. The normalized spacial score (nSPS) is 31.2. The molecule has 3 unspecified atom stereocenters. The molecule has 0 bridgehead atoms. The van der Waals surface area contributed by atoms with E-state index < -0.39 is 0 Å². The van der Waals surface area contributed by atoms with E-state index in [4.69, 9.17) is 0 Å². The van der Waals surface area contributed by atoms with Crippen LogP contribution in [0.3, 0.4) is 0 Å². The number of amides is 1. The number of anilines is 1. The standard InChI is InChI=1S/C12H16N4O/c17-11(16-12-13-5-2-6-14-12)10-9-4-1-3-8(9)7-15-10/h2,5-6,8-10,15H,1,3-4,7H2,(H,13,14,16,17). The monoisotopic (exact) mass is 232 g/mol. The highest BCUT2D eigenvalue weighted by atomic mass is 16.2. The molecule has 3 rings (SSSR count). The van der Waals surface area contributed by atoms with Crippen molar-refractivity contribution in [3.05, 3.63) is 18.5 Å². The van der Waals surface area contributed by atoms with Gasteiger partial charge in [0.1, 0.15) is 0 Å². The molecule has 0 spiro atoms. The van der Waals surface area contributed by atoms with Crippen molar-refractivity contribution in [2.24, 2.45) is 11.8 Å². The lowest BCUT2D eigenvalue weighted by Crippen LogP contribution is -2.40. The first-order valence-corrected chi connectivity index (χ1v) is 6.16. The van der Waals surface area contributed by atoms with Crippen LogP contribution in [-0.2, 0) is 4.79 Å². The maximum atomic E-state index is 12.1. The summed E-state index contributed by atoms with van der Waals surface area (Å²) in [6, 6.07) is 1.67. The van der Waals surface area contributed by atoms with Gasteiger partial charge < -0.3 is 5.32 Å². The van der Waals surface area contributed by atoms with Gasteiger partial charge in [-0.1, -0.05) is 6.42 Å². The van der Waals surface area contributed by atoms with Gasteiger partial charge >= 0.3 is 0 Å². The van der Waals surface area contributed by atoms with Crippen LogP contribution in [0.15, 0.2) is 18.5 Å². The molecule has 0 radical (unpaired) electrons. The number of hydrogen-bond donors (Lipinski definition) is 2. The smallest absolute Gasteiger partial charge is 0.244 e. The number of nitrogens with zero attached hydrogens (tertiary/aromatic N) is 2. The Labute approximate surface area is 100 Å². The summed E-state index contributed by atoms with van der Waals surface area (Å²) >= 11 is 0. The van der Waals surface area contributed by atoms with E-state index in [2.05, 4.69) is 20.6 Å². The van der Waals surface area contributed by atoms with E-state index in [1.54, 1.807) is 18.5 Å². The fraction of sp³-hybridized carbons (Fsp3) is 0.583. The summed E-state index contributed by atoms with van der Waals surface area (Å²) in [6.07, 6.45) is 6.92. The molecule has 1 amide bonds. The van der Waals surface area contributed by atoms with Crippen LogP contribution in [0.25, 0.3) is 0 Å². The van der Waals surface area contributed by atoms with Gasteiger partial charge in [-0.05, 0) is 37.3 Å². The average Bonchev–Trinajstić information content (AvgIpc) is 2.91. The summed E-state index contributed by atoms with van der Waals surface area (Å²) in [5.41, 5.74) is 0. The van der Waals surface area contributed by atoms with E-state index in [9.17, 15) is 4.79 Å². The SMILES string of the molecule is O=C(Nc1ncccn1)C1NCC2CCCC21. The average molecular weight is 232 g/mol. The van der Waals surface area contributed by atoms with Gasteiger partial charge in [0.05, 0.1) is 6.04 Å². The van der Waals surface area contributed by atoms with Gasteiger partial charge in [-0.25, -0.2) is 9.97 Å². The van der Waals surface area contributed by atoms with Crippen molar-refractivity contribution in [3.63, 3.8) is 0 Å². The summed E-state index contributed by atoms with van der Waals surface area (Å²) in [5.74, 6) is 1.58. The molecule has 1 aliphatic carbocycles.